The van der Waals surface area contributed by atoms with Gasteiger partial charge < -0.3 is 15.1 Å². The zero-order valence-electron chi connectivity index (χ0n) is 13.5. The molecular formula is C19H23N3S. The fourth-order valence-corrected chi connectivity index (χ4v) is 3.27. The van der Waals surface area contributed by atoms with Gasteiger partial charge in [-0.1, -0.05) is 48.5 Å². The molecule has 1 N–H and O–H groups in total. The first-order chi connectivity index (χ1) is 11.2. The monoisotopic (exact) mass is 325 g/mol. The quantitative estimate of drug-likeness (QED) is 0.871. The topological polar surface area (TPSA) is 18.5 Å². The number of para-hydroxylation sites is 1. The summed E-state index contributed by atoms with van der Waals surface area (Å²) in [5.74, 6) is 0. The van der Waals surface area contributed by atoms with E-state index in [2.05, 4.69) is 76.6 Å². The summed E-state index contributed by atoms with van der Waals surface area (Å²) in [6, 6.07) is 21.3. The first-order valence-electron chi connectivity index (χ1n) is 8.14. The van der Waals surface area contributed by atoms with Crippen molar-refractivity contribution >= 4 is 23.0 Å². The van der Waals surface area contributed by atoms with Crippen molar-refractivity contribution in [3.8, 4) is 0 Å². The Labute approximate surface area is 143 Å². The van der Waals surface area contributed by atoms with Crippen LogP contribution >= 0.6 is 12.2 Å². The molecule has 1 atom stereocenters. The van der Waals surface area contributed by atoms with E-state index in [1.165, 1.54) is 11.3 Å². The molecular weight excluding hydrogens is 302 g/mol. The summed E-state index contributed by atoms with van der Waals surface area (Å²) in [4.78, 5) is 4.69. The molecule has 0 bridgehead atoms. The van der Waals surface area contributed by atoms with E-state index in [0.29, 0.717) is 0 Å². The van der Waals surface area contributed by atoms with Crippen molar-refractivity contribution in [2.45, 2.75) is 13.0 Å². The number of piperazine rings is 1. The minimum absolute atomic E-state index is 0.232. The number of anilines is 1. The molecule has 3 nitrogen and oxygen atoms in total. The van der Waals surface area contributed by atoms with Gasteiger partial charge in [-0.15, -0.1) is 0 Å². The van der Waals surface area contributed by atoms with E-state index in [4.69, 9.17) is 12.2 Å². The first kappa shape index (κ1) is 15.8. The molecule has 1 aliphatic rings. The van der Waals surface area contributed by atoms with Crippen molar-refractivity contribution in [3.63, 3.8) is 0 Å². The molecule has 0 amide bonds. The van der Waals surface area contributed by atoms with Gasteiger partial charge in [0.25, 0.3) is 0 Å². The number of nitrogens with zero attached hydrogens (tertiary/aromatic N) is 2. The second-order valence-electron chi connectivity index (χ2n) is 5.89. The second-order valence-corrected chi connectivity index (χ2v) is 6.28. The maximum Gasteiger partial charge on any atom is 0.169 e. The lowest BCUT2D eigenvalue weighted by molar-refractivity contribution is 0.376. The smallest absolute Gasteiger partial charge is 0.169 e. The van der Waals surface area contributed by atoms with Gasteiger partial charge in [0.05, 0.1) is 6.04 Å². The fraction of sp³-hybridized carbons (Fsp3) is 0.316. The van der Waals surface area contributed by atoms with Crippen LogP contribution in [0.15, 0.2) is 60.7 Å². The fourth-order valence-electron chi connectivity index (χ4n) is 2.91. The van der Waals surface area contributed by atoms with Gasteiger partial charge in [0.1, 0.15) is 0 Å². The number of benzene rings is 2. The average molecular weight is 325 g/mol. The third-order valence-electron chi connectivity index (χ3n) is 4.33. The van der Waals surface area contributed by atoms with Gasteiger partial charge in [-0.3, -0.25) is 0 Å². The molecule has 0 saturated carbocycles. The molecule has 4 heteroatoms. The Morgan fingerprint density at radius 2 is 1.48 bits per heavy atom. The highest BCUT2D eigenvalue weighted by molar-refractivity contribution is 7.80. The second kappa shape index (κ2) is 7.47. The summed E-state index contributed by atoms with van der Waals surface area (Å²) < 4.78 is 0. The number of hydrogen-bond donors (Lipinski definition) is 1. The van der Waals surface area contributed by atoms with Crippen molar-refractivity contribution in [1.29, 1.82) is 0 Å². The Kier molecular flexibility index (Phi) is 5.13. The molecule has 1 saturated heterocycles. The minimum atomic E-state index is 0.232. The number of nitrogens with one attached hydrogen (secondary N) is 1. The summed E-state index contributed by atoms with van der Waals surface area (Å²) in [7, 11) is 0. The zero-order chi connectivity index (χ0) is 16.1. The Hall–Kier alpha value is -2.07. The predicted molar refractivity (Wildman–Crippen MR) is 101 cm³/mol. The van der Waals surface area contributed by atoms with Crippen LogP contribution in [-0.4, -0.2) is 36.2 Å². The predicted octanol–water partition coefficient (Wildman–Crippen LogP) is 3.44. The third-order valence-corrected chi connectivity index (χ3v) is 4.70. The average Bonchev–Trinajstić information content (AvgIpc) is 2.63. The van der Waals surface area contributed by atoms with Gasteiger partial charge in [-0.25, -0.2) is 0 Å². The van der Waals surface area contributed by atoms with Crippen LogP contribution in [-0.2, 0) is 0 Å². The highest BCUT2D eigenvalue weighted by Gasteiger charge is 2.20. The molecule has 2 aromatic carbocycles. The van der Waals surface area contributed by atoms with Crippen LogP contribution in [0, 0.1) is 0 Å². The van der Waals surface area contributed by atoms with Gasteiger partial charge in [0.2, 0.25) is 0 Å². The van der Waals surface area contributed by atoms with Crippen molar-refractivity contribution in [1.82, 2.24) is 10.2 Å². The van der Waals surface area contributed by atoms with E-state index in [1.54, 1.807) is 0 Å². The SMILES string of the molecule is C[C@H](NC(=S)N1CCN(c2ccccc2)CC1)c1ccccc1. The maximum absolute atomic E-state index is 5.60. The van der Waals surface area contributed by atoms with Crippen LogP contribution in [0.5, 0.6) is 0 Å². The molecule has 23 heavy (non-hydrogen) atoms. The van der Waals surface area contributed by atoms with Gasteiger partial charge in [0, 0.05) is 31.9 Å². The van der Waals surface area contributed by atoms with Crippen LogP contribution in [0.25, 0.3) is 0 Å². The number of hydrogen-bond acceptors (Lipinski definition) is 2. The lowest BCUT2D eigenvalue weighted by Gasteiger charge is -2.38. The lowest BCUT2D eigenvalue weighted by Crippen LogP contribution is -2.52. The minimum Gasteiger partial charge on any atom is -0.368 e. The molecule has 1 heterocycles. The Morgan fingerprint density at radius 3 is 2.09 bits per heavy atom. The van der Waals surface area contributed by atoms with Crippen molar-refractivity contribution in [2.24, 2.45) is 0 Å². The van der Waals surface area contributed by atoms with Crippen LogP contribution in [0.4, 0.5) is 5.69 Å². The van der Waals surface area contributed by atoms with Crippen molar-refractivity contribution in [3.05, 3.63) is 66.2 Å². The van der Waals surface area contributed by atoms with Gasteiger partial charge >= 0.3 is 0 Å². The molecule has 3 rings (SSSR count). The van der Waals surface area contributed by atoms with Crippen LogP contribution in [0.2, 0.25) is 0 Å². The lowest BCUT2D eigenvalue weighted by atomic mass is 10.1. The summed E-state index contributed by atoms with van der Waals surface area (Å²) in [5, 5.41) is 4.31. The molecule has 0 spiro atoms. The summed E-state index contributed by atoms with van der Waals surface area (Å²) in [6.07, 6.45) is 0. The summed E-state index contributed by atoms with van der Waals surface area (Å²) in [6.45, 7) is 6.09. The number of thiocarbonyl (C=S) groups is 1. The van der Waals surface area contributed by atoms with Crippen LogP contribution in [0.3, 0.4) is 0 Å². The van der Waals surface area contributed by atoms with E-state index in [9.17, 15) is 0 Å². The van der Waals surface area contributed by atoms with E-state index >= 15 is 0 Å². The largest absolute Gasteiger partial charge is 0.368 e. The molecule has 120 valence electrons. The molecule has 0 radical (unpaired) electrons. The molecule has 1 aliphatic heterocycles. The van der Waals surface area contributed by atoms with Gasteiger partial charge in [0.15, 0.2) is 5.11 Å². The molecule has 2 aromatic rings. The zero-order valence-corrected chi connectivity index (χ0v) is 14.3. The molecule has 0 aliphatic carbocycles. The van der Waals surface area contributed by atoms with E-state index < -0.39 is 0 Å². The van der Waals surface area contributed by atoms with Gasteiger partial charge in [-0.2, -0.15) is 0 Å². The summed E-state index contributed by atoms with van der Waals surface area (Å²) >= 11 is 5.60. The van der Waals surface area contributed by atoms with Crippen LogP contribution in [0.1, 0.15) is 18.5 Å². The highest BCUT2D eigenvalue weighted by Crippen LogP contribution is 2.16. The highest BCUT2D eigenvalue weighted by atomic mass is 32.1. The van der Waals surface area contributed by atoms with E-state index in [-0.39, 0.29) is 6.04 Å². The molecule has 0 unspecified atom stereocenters. The first-order valence-corrected chi connectivity index (χ1v) is 8.55. The Balaban J connectivity index is 1.52. The van der Waals surface area contributed by atoms with Crippen molar-refractivity contribution in [2.75, 3.05) is 31.1 Å². The van der Waals surface area contributed by atoms with E-state index in [0.717, 1.165) is 31.3 Å². The third kappa shape index (κ3) is 4.02. The number of rotatable bonds is 3. The molecule has 1 fully saturated rings. The van der Waals surface area contributed by atoms with Crippen LogP contribution < -0.4 is 10.2 Å². The maximum atomic E-state index is 5.60. The standard InChI is InChI=1S/C19H23N3S/c1-16(17-8-4-2-5-9-17)20-19(23)22-14-12-21(13-15-22)18-10-6-3-7-11-18/h2-11,16H,12-15H2,1H3,(H,20,23)/t16-/m0/s1. The Morgan fingerprint density at radius 1 is 0.913 bits per heavy atom. The van der Waals surface area contributed by atoms with E-state index in [1.807, 2.05) is 6.07 Å². The van der Waals surface area contributed by atoms with Crippen molar-refractivity contribution < 1.29 is 0 Å². The molecule has 0 aromatic heterocycles. The van der Waals surface area contributed by atoms with Gasteiger partial charge in [-0.05, 0) is 36.8 Å². The summed E-state index contributed by atoms with van der Waals surface area (Å²) in [5.41, 5.74) is 2.56. The normalized spacial score (nSPS) is 16.0. The Bertz CT molecular complexity index is 622.